The van der Waals surface area contributed by atoms with Gasteiger partial charge in [-0.15, -0.1) is 0 Å². The van der Waals surface area contributed by atoms with Crippen molar-refractivity contribution in [1.29, 1.82) is 0 Å². The normalized spacial score (nSPS) is 12.0. The van der Waals surface area contributed by atoms with E-state index in [0.717, 1.165) is 12.1 Å². The molecule has 0 saturated heterocycles. The third-order valence-corrected chi connectivity index (χ3v) is 4.56. The first kappa shape index (κ1) is 11.1. The first-order valence-corrected chi connectivity index (χ1v) is 7.27. The maximum absolute atomic E-state index is 6.01. The Bertz CT molecular complexity index is 84.1. The second kappa shape index (κ2) is 5.74. The molecular weight excluding hydrogens is 152 g/mol. The van der Waals surface area contributed by atoms with Crippen LogP contribution in [0.15, 0.2) is 0 Å². The summed E-state index contributed by atoms with van der Waals surface area (Å²) in [5.41, 5.74) is 0. The van der Waals surface area contributed by atoms with Gasteiger partial charge < -0.3 is 10.8 Å². The summed E-state index contributed by atoms with van der Waals surface area (Å²) in [5.74, 6) is 0. The third kappa shape index (κ3) is 6.53. The SMILES string of the molecule is CCCC[Si](N)(N)CCCC. The summed E-state index contributed by atoms with van der Waals surface area (Å²) in [6.45, 7) is 4.37. The predicted molar refractivity (Wildman–Crippen MR) is 53.6 cm³/mol. The summed E-state index contributed by atoms with van der Waals surface area (Å²) in [5, 5.41) is 12.0. The van der Waals surface area contributed by atoms with Gasteiger partial charge in [0.1, 0.15) is 0 Å². The van der Waals surface area contributed by atoms with Crippen LogP contribution in [0.1, 0.15) is 39.5 Å². The molecule has 0 aromatic heterocycles. The Balaban J connectivity index is 3.43. The van der Waals surface area contributed by atoms with Gasteiger partial charge in [0.15, 0.2) is 8.40 Å². The molecule has 0 radical (unpaired) electrons. The Morgan fingerprint density at radius 3 is 1.55 bits per heavy atom. The molecule has 0 saturated carbocycles. The summed E-state index contributed by atoms with van der Waals surface area (Å²) in [6, 6.07) is 2.20. The van der Waals surface area contributed by atoms with Crippen LogP contribution in [0.2, 0.25) is 12.1 Å². The van der Waals surface area contributed by atoms with Gasteiger partial charge in [0.05, 0.1) is 0 Å². The average Bonchev–Trinajstić information content (AvgIpc) is 1.97. The minimum Gasteiger partial charge on any atom is -0.339 e. The van der Waals surface area contributed by atoms with Crippen molar-refractivity contribution < 1.29 is 0 Å². The van der Waals surface area contributed by atoms with Crippen LogP contribution in [0.3, 0.4) is 0 Å². The molecule has 0 aromatic carbocycles. The van der Waals surface area contributed by atoms with Crippen LogP contribution in [-0.4, -0.2) is 8.40 Å². The number of hydrogen-bond donors (Lipinski definition) is 2. The van der Waals surface area contributed by atoms with Crippen molar-refractivity contribution in [3.05, 3.63) is 0 Å². The van der Waals surface area contributed by atoms with Crippen LogP contribution < -0.4 is 10.8 Å². The van der Waals surface area contributed by atoms with E-state index in [-0.39, 0.29) is 0 Å². The zero-order chi connectivity index (χ0) is 8.74. The maximum Gasteiger partial charge on any atom is 0.196 e. The highest BCUT2D eigenvalue weighted by atomic mass is 28.3. The van der Waals surface area contributed by atoms with E-state index in [2.05, 4.69) is 13.8 Å². The zero-order valence-corrected chi connectivity index (χ0v) is 8.90. The van der Waals surface area contributed by atoms with Gasteiger partial charge in [0.2, 0.25) is 0 Å². The van der Waals surface area contributed by atoms with Crippen LogP contribution >= 0.6 is 0 Å². The lowest BCUT2D eigenvalue weighted by atomic mass is 10.4. The monoisotopic (exact) mass is 174 g/mol. The minimum atomic E-state index is -1.75. The molecule has 0 aromatic rings. The summed E-state index contributed by atoms with van der Waals surface area (Å²) in [4.78, 5) is 0. The lowest BCUT2D eigenvalue weighted by Gasteiger charge is -2.20. The molecule has 0 aliphatic carbocycles. The molecule has 0 rings (SSSR count). The average molecular weight is 174 g/mol. The molecule has 0 atom stereocenters. The molecule has 4 N–H and O–H groups in total. The van der Waals surface area contributed by atoms with Crippen LogP contribution in [-0.2, 0) is 0 Å². The van der Waals surface area contributed by atoms with E-state index >= 15 is 0 Å². The van der Waals surface area contributed by atoms with Gasteiger partial charge in [-0.05, 0) is 12.1 Å². The highest BCUT2D eigenvalue weighted by Gasteiger charge is 2.20. The van der Waals surface area contributed by atoms with E-state index in [1.165, 1.54) is 25.7 Å². The van der Waals surface area contributed by atoms with E-state index < -0.39 is 8.40 Å². The number of nitrogens with two attached hydrogens (primary N) is 2. The van der Waals surface area contributed by atoms with E-state index in [1.807, 2.05) is 0 Å². The Hall–Kier alpha value is 0.137. The highest BCUT2D eigenvalue weighted by molar-refractivity contribution is 6.73. The van der Waals surface area contributed by atoms with Gasteiger partial charge in [0.25, 0.3) is 0 Å². The maximum atomic E-state index is 6.01. The van der Waals surface area contributed by atoms with Gasteiger partial charge >= 0.3 is 0 Å². The lowest BCUT2D eigenvalue weighted by Crippen LogP contribution is -2.55. The Labute approximate surface area is 71.5 Å². The second-order valence-electron chi connectivity index (χ2n) is 3.44. The van der Waals surface area contributed by atoms with Gasteiger partial charge in [-0.1, -0.05) is 39.5 Å². The standard InChI is InChI=1S/C8H22N2Si/c1-3-5-7-11(9,10)8-6-4-2/h3-10H2,1-2H3. The second-order valence-corrected chi connectivity index (χ2v) is 6.91. The Kier molecular flexibility index (Phi) is 5.82. The first-order chi connectivity index (χ1) is 5.12. The van der Waals surface area contributed by atoms with Crippen molar-refractivity contribution in [2.45, 2.75) is 51.6 Å². The fourth-order valence-electron chi connectivity index (χ4n) is 1.14. The first-order valence-electron chi connectivity index (χ1n) is 4.70. The minimum absolute atomic E-state index is 1.10. The molecule has 0 amide bonds. The highest BCUT2D eigenvalue weighted by Crippen LogP contribution is 2.10. The fourth-order valence-corrected chi connectivity index (χ4v) is 3.41. The summed E-state index contributed by atoms with van der Waals surface area (Å²) in [6.07, 6.45) is 4.86. The molecule has 0 spiro atoms. The van der Waals surface area contributed by atoms with Gasteiger partial charge in [-0.25, -0.2) is 0 Å². The van der Waals surface area contributed by atoms with Crippen LogP contribution in [0.5, 0.6) is 0 Å². The van der Waals surface area contributed by atoms with E-state index in [4.69, 9.17) is 10.8 Å². The molecule has 2 nitrogen and oxygen atoms in total. The van der Waals surface area contributed by atoms with Crippen LogP contribution in [0.4, 0.5) is 0 Å². The summed E-state index contributed by atoms with van der Waals surface area (Å²) in [7, 11) is -1.75. The molecule has 11 heavy (non-hydrogen) atoms. The van der Waals surface area contributed by atoms with Gasteiger partial charge in [-0.3, -0.25) is 0 Å². The summed E-state index contributed by atoms with van der Waals surface area (Å²) < 4.78 is 0. The Morgan fingerprint density at radius 1 is 0.909 bits per heavy atom. The van der Waals surface area contributed by atoms with Gasteiger partial charge in [-0.2, -0.15) is 0 Å². The van der Waals surface area contributed by atoms with Crippen LogP contribution in [0, 0.1) is 0 Å². The van der Waals surface area contributed by atoms with E-state index in [9.17, 15) is 0 Å². The summed E-state index contributed by atoms with van der Waals surface area (Å²) >= 11 is 0. The molecule has 0 bridgehead atoms. The van der Waals surface area contributed by atoms with E-state index in [0.29, 0.717) is 0 Å². The predicted octanol–water partition coefficient (Wildman–Crippen LogP) is 1.95. The number of unbranched alkanes of at least 4 members (excludes halogenated alkanes) is 2. The van der Waals surface area contributed by atoms with Crippen molar-refractivity contribution in [1.82, 2.24) is 0 Å². The van der Waals surface area contributed by atoms with Gasteiger partial charge in [0, 0.05) is 0 Å². The van der Waals surface area contributed by atoms with Crippen LogP contribution in [0.25, 0.3) is 0 Å². The smallest absolute Gasteiger partial charge is 0.196 e. The van der Waals surface area contributed by atoms with E-state index in [1.54, 1.807) is 0 Å². The number of hydrogen-bond acceptors (Lipinski definition) is 2. The molecule has 3 heteroatoms. The van der Waals surface area contributed by atoms with Crippen molar-refractivity contribution in [2.75, 3.05) is 0 Å². The molecule has 0 aliphatic rings. The molecule has 0 unspecified atom stereocenters. The quantitative estimate of drug-likeness (QED) is 0.605. The van der Waals surface area contributed by atoms with Crippen molar-refractivity contribution in [3.63, 3.8) is 0 Å². The molecule has 0 aliphatic heterocycles. The van der Waals surface area contributed by atoms with Crippen molar-refractivity contribution in [2.24, 2.45) is 10.8 Å². The largest absolute Gasteiger partial charge is 0.339 e. The van der Waals surface area contributed by atoms with Crippen molar-refractivity contribution in [3.8, 4) is 0 Å². The molecule has 0 fully saturated rings. The molecular formula is C8H22N2Si. The van der Waals surface area contributed by atoms with Crippen molar-refractivity contribution >= 4 is 8.40 Å². The molecule has 0 heterocycles. The molecule has 68 valence electrons. The zero-order valence-electron chi connectivity index (χ0n) is 7.90. The fraction of sp³-hybridized carbons (Fsp3) is 1.00. The topological polar surface area (TPSA) is 52.0 Å². The number of rotatable bonds is 6. The third-order valence-electron chi connectivity index (χ3n) is 1.99. The Morgan fingerprint density at radius 2 is 1.27 bits per heavy atom. The lowest BCUT2D eigenvalue weighted by molar-refractivity contribution is 0.821.